The van der Waals surface area contributed by atoms with Gasteiger partial charge in [-0.25, -0.2) is 0 Å². The van der Waals surface area contributed by atoms with Gasteiger partial charge in [0.1, 0.15) is 0 Å². The lowest BCUT2D eigenvalue weighted by Crippen LogP contribution is -2.47. The monoisotopic (exact) mass is 277 g/mol. The van der Waals surface area contributed by atoms with Crippen LogP contribution < -0.4 is 10.6 Å². The van der Waals surface area contributed by atoms with Crippen LogP contribution in [0.5, 0.6) is 0 Å². The van der Waals surface area contributed by atoms with Crippen LogP contribution in [0.15, 0.2) is 24.3 Å². The van der Waals surface area contributed by atoms with Crippen molar-refractivity contribution in [2.24, 2.45) is 0 Å². The zero-order chi connectivity index (χ0) is 14.5. The minimum atomic E-state index is -0.430. The summed E-state index contributed by atoms with van der Waals surface area (Å²) in [6.45, 7) is 2.70. The Morgan fingerprint density at radius 2 is 2.30 bits per heavy atom. The fourth-order valence-electron chi connectivity index (χ4n) is 2.38. The average molecular weight is 277 g/mol. The zero-order valence-electron chi connectivity index (χ0n) is 11.5. The van der Waals surface area contributed by atoms with Crippen molar-refractivity contribution in [2.45, 2.75) is 38.3 Å². The van der Waals surface area contributed by atoms with E-state index in [-0.39, 0.29) is 23.7 Å². The van der Waals surface area contributed by atoms with E-state index in [0.717, 1.165) is 31.4 Å². The van der Waals surface area contributed by atoms with Gasteiger partial charge in [-0.2, -0.15) is 0 Å². The smallest absolute Gasteiger partial charge is 0.269 e. The van der Waals surface area contributed by atoms with Crippen LogP contribution in [0.4, 0.5) is 5.69 Å². The normalized spacial score (nSPS) is 20.1. The summed E-state index contributed by atoms with van der Waals surface area (Å²) in [6, 6.07) is 5.97. The standard InChI is InChI=1S/C14H19N3O3/c1-10(11-5-4-6-12(9-11)17(19)20)16-14(18)13-7-2-3-8-15-13/h4-6,9-10,13,15H,2-3,7-8H2,1H3,(H,16,18)/t10?,13-/m1/s1. The highest BCUT2D eigenvalue weighted by Crippen LogP contribution is 2.19. The van der Waals surface area contributed by atoms with Crippen molar-refractivity contribution in [3.8, 4) is 0 Å². The Morgan fingerprint density at radius 3 is 2.95 bits per heavy atom. The van der Waals surface area contributed by atoms with E-state index >= 15 is 0 Å². The van der Waals surface area contributed by atoms with Gasteiger partial charge in [-0.1, -0.05) is 18.6 Å². The van der Waals surface area contributed by atoms with Crippen LogP contribution in [0.3, 0.4) is 0 Å². The summed E-state index contributed by atoms with van der Waals surface area (Å²) in [7, 11) is 0. The highest BCUT2D eigenvalue weighted by atomic mass is 16.6. The largest absolute Gasteiger partial charge is 0.348 e. The molecule has 108 valence electrons. The van der Waals surface area contributed by atoms with Crippen molar-refractivity contribution in [1.82, 2.24) is 10.6 Å². The number of nitrogens with zero attached hydrogens (tertiary/aromatic N) is 1. The van der Waals surface area contributed by atoms with Gasteiger partial charge in [0.25, 0.3) is 5.69 Å². The van der Waals surface area contributed by atoms with Gasteiger partial charge < -0.3 is 10.6 Å². The number of hydrogen-bond donors (Lipinski definition) is 2. The van der Waals surface area contributed by atoms with Gasteiger partial charge in [-0.3, -0.25) is 14.9 Å². The van der Waals surface area contributed by atoms with Crippen molar-refractivity contribution in [2.75, 3.05) is 6.54 Å². The Bertz CT molecular complexity index is 498. The van der Waals surface area contributed by atoms with E-state index < -0.39 is 4.92 Å². The topological polar surface area (TPSA) is 84.3 Å². The lowest BCUT2D eigenvalue weighted by molar-refractivity contribution is -0.384. The molecule has 1 aliphatic heterocycles. The lowest BCUT2D eigenvalue weighted by atomic mass is 10.0. The fraction of sp³-hybridized carbons (Fsp3) is 0.500. The second-order valence-electron chi connectivity index (χ2n) is 5.08. The summed E-state index contributed by atoms with van der Waals surface area (Å²) in [6.07, 6.45) is 2.99. The molecule has 0 radical (unpaired) electrons. The molecular weight excluding hydrogens is 258 g/mol. The summed E-state index contributed by atoms with van der Waals surface area (Å²) in [5.74, 6) is -0.0382. The van der Waals surface area contributed by atoms with Crippen molar-refractivity contribution >= 4 is 11.6 Å². The minimum absolute atomic E-state index is 0.0382. The quantitative estimate of drug-likeness (QED) is 0.650. The Morgan fingerprint density at radius 1 is 1.50 bits per heavy atom. The van der Waals surface area contributed by atoms with E-state index in [1.54, 1.807) is 12.1 Å². The number of nitro groups is 1. The number of hydrogen-bond acceptors (Lipinski definition) is 4. The van der Waals surface area contributed by atoms with E-state index in [0.29, 0.717) is 0 Å². The molecule has 1 heterocycles. The third-order valence-electron chi connectivity index (χ3n) is 3.57. The maximum atomic E-state index is 12.1. The molecule has 2 N–H and O–H groups in total. The maximum absolute atomic E-state index is 12.1. The van der Waals surface area contributed by atoms with Crippen LogP contribution in [0.1, 0.15) is 37.8 Å². The van der Waals surface area contributed by atoms with Crippen LogP contribution in [0.2, 0.25) is 0 Å². The van der Waals surface area contributed by atoms with Crippen molar-refractivity contribution in [1.29, 1.82) is 0 Å². The number of piperidine rings is 1. The molecule has 0 aromatic heterocycles. The van der Waals surface area contributed by atoms with Gasteiger partial charge in [-0.05, 0) is 31.9 Å². The minimum Gasteiger partial charge on any atom is -0.348 e. The van der Waals surface area contributed by atoms with Crippen LogP contribution in [0.25, 0.3) is 0 Å². The zero-order valence-corrected chi connectivity index (χ0v) is 11.5. The second-order valence-corrected chi connectivity index (χ2v) is 5.08. The van der Waals surface area contributed by atoms with Crippen LogP contribution >= 0.6 is 0 Å². The second kappa shape index (κ2) is 6.47. The molecule has 0 spiro atoms. The summed E-state index contributed by atoms with van der Waals surface area (Å²) >= 11 is 0. The number of benzene rings is 1. The molecule has 1 aromatic rings. The molecule has 0 aliphatic carbocycles. The highest BCUT2D eigenvalue weighted by molar-refractivity contribution is 5.82. The first kappa shape index (κ1) is 14.5. The van der Waals surface area contributed by atoms with E-state index in [9.17, 15) is 14.9 Å². The molecule has 1 fully saturated rings. The predicted octanol–water partition coefficient (Wildman–Crippen LogP) is 1.91. The van der Waals surface area contributed by atoms with Crippen LogP contribution in [0, 0.1) is 10.1 Å². The van der Waals surface area contributed by atoms with Crippen LogP contribution in [-0.4, -0.2) is 23.4 Å². The van der Waals surface area contributed by atoms with Gasteiger partial charge in [0, 0.05) is 12.1 Å². The molecule has 6 nitrogen and oxygen atoms in total. The van der Waals surface area contributed by atoms with E-state index in [1.165, 1.54) is 12.1 Å². The predicted molar refractivity (Wildman–Crippen MR) is 75.3 cm³/mol. The third kappa shape index (κ3) is 3.54. The molecule has 0 bridgehead atoms. The fourth-order valence-corrected chi connectivity index (χ4v) is 2.38. The summed E-state index contributed by atoms with van der Waals surface area (Å²) in [5, 5.41) is 16.8. The van der Waals surface area contributed by atoms with E-state index in [2.05, 4.69) is 10.6 Å². The third-order valence-corrected chi connectivity index (χ3v) is 3.57. The Labute approximate surface area is 117 Å². The number of nitro benzene ring substituents is 1. The number of rotatable bonds is 4. The SMILES string of the molecule is CC(NC(=O)[C@H]1CCCCN1)c1cccc([N+](=O)[O-])c1. The maximum Gasteiger partial charge on any atom is 0.269 e. The first-order chi connectivity index (χ1) is 9.58. The molecule has 6 heteroatoms. The Balaban J connectivity index is 2.00. The van der Waals surface area contributed by atoms with Crippen molar-refractivity contribution in [3.05, 3.63) is 39.9 Å². The van der Waals surface area contributed by atoms with Crippen LogP contribution in [-0.2, 0) is 4.79 Å². The van der Waals surface area contributed by atoms with Gasteiger partial charge in [0.15, 0.2) is 0 Å². The van der Waals surface area contributed by atoms with Gasteiger partial charge in [0.05, 0.1) is 17.0 Å². The molecule has 0 saturated carbocycles. The molecule has 1 amide bonds. The molecule has 2 atom stereocenters. The number of carbonyl (C=O) groups is 1. The molecule has 20 heavy (non-hydrogen) atoms. The Kier molecular flexibility index (Phi) is 4.68. The first-order valence-corrected chi connectivity index (χ1v) is 6.86. The lowest BCUT2D eigenvalue weighted by Gasteiger charge is -2.24. The first-order valence-electron chi connectivity index (χ1n) is 6.86. The van der Waals surface area contributed by atoms with Gasteiger partial charge in [-0.15, -0.1) is 0 Å². The molecule has 1 aromatic carbocycles. The summed E-state index contributed by atoms with van der Waals surface area (Å²) in [5.41, 5.74) is 0.780. The summed E-state index contributed by atoms with van der Waals surface area (Å²) in [4.78, 5) is 22.4. The molecule has 1 unspecified atom stereocenters. The highest BCUT2D eigenvalue weighted by Gasteiger charge is 2.22. The Hall–Kier alpha value is -1.95. The van der Waals surface area contributed by atoms with Crippen molar-refractivity contribution in [3.63, 3.8) is 0 Å². The molecule has 1 saturated heterocycles. The molecule has 1 aliphatic rings. The molecular formula is C14H19N3O3. The number of carbonyl (C=O) groups excluding carboxylic acids is 1. The van der Waals surface area contributed by atoms with Gasteiger partial charge in [0.2, 0.25) is 5.91 Å². The van der Waals surface area contributed by atoms with E-state index in [1.807, 2.05) is 6.92 Å². The number of nitrogens with one attached hydrogen (secondary N) is 2. The summed E-state index contributed by atoms with van der Waals surface area (Å²) < 4.78 is 0. The number of non-ortho nitro benzene ring substituents is 1. The van der Waals surface area contributed by atoms with Crippen molar-refractivity contribution < 1.29 is 9.72 Å². The van der Waals surface area contributed by atoms with E-state index in [4.69, 9.17) is 0 Å². The number of amides is 1. The molecule has 2 rings (SSSR count). The average Bonchev–Trinajstić information content (AvgIpc) is 2.48. The van der Waals surface area contributed by atoms with Gasteiger partial charge >= 0.3 is 0 Å².